The highest BCUT2D eigenvalue weighted by atomic mass is 35.5. The van der Waals surface area contributed by atoms with Crippen LogP contribution < -0.4 is 0 Å². The fraction of sp³-hybridized carbons (Fsp3) is 0.556. The molecule has 1 saturated carbocycles. The molecule has 0 spiro atoms. The van der Waals surface area contributed by atoms with Crippen LogP contribution in [0.25, 0.3) is 0 Å². The van der Waals surface area contributed by atoms with Crippen LogP contribution in [-0.2, 0) is 16.6 Å². The van der Waals surface area contributed by atoms with Crippen LogP contribution in [0.2, 0.25) is 0 Å². The Kier molecular flexibility index (Phi) is 3.35. The normalized spacial score (nSPS) is 17.2. The van der Waals surface area contributed by atoms with Crippen molar-refractivity contribution in [2.45, 2.75) is 25.4 Å². The highest BCUT2D eigenvalue weighted by molar-refractivity contribution is 7.90. The molecule has 0 atom stereocenters. The molecule has 1 aliphatic carbocycles. The predicted octanol–water partition coefficient (Wildman–Crippen LogP) is 2.24. The summed E-state index contributed by atoms with van der Waals surface area (Å²) in [6.45, 7) is 0.470. The SMILES string of the molecule is O=S(=O)(CCl)N(Cc1cccs1)C1CC1. The van der Waals surface area contributed by atoms with Gasteiger partial charge in [-0.15, -0.1) is 22.9 Å². The van der Waals surface area contributed by atoms with Gasteiger partial charge in [-0.3, -0.25) is 0 Å². The van der Waals surface area contributed by atoms with Gasteiger partial charge in [-0.2, -0.15) is 4.31 Å². The molecule has 0 radical (unpaired) electrons. The zero-order chi connectivity index (χ0) is 10.9. The van der Waals surface area contributed by atoms with Gasteiger partial charge in [0, 0.05) is 17.5 Å². The van der Waals surface area contributed by atoms with Crippen LogP contribution >= 0.6 is 22.9 Å². The summed E-state index contributed by atoms with van der Waals surface area (Å²) in [6.07, 6.45) is 1.92. The second-order valence-corrected chi connectivity index (χ2v) is 7.11. The highest BCUT2D eigenvalue weighted by Gasteiger charge is 2.36. The molecule has 2 rings (SSSR count). The molecule has 0 saturated heterocycles. The largest absolute Gasteiger partial charge is 0.228 e. The van der Waals surface area contributed by atoms with E-state index < -0.39 is 10.0 Å². The first-order chi connectivity index (χ1) is 7.13. The van der Waals surface area contributed by atoms with E-state index in [1.807, 2.05) is 17.5 Å². The lowest BCUT2D eigenvalue weighted by Gasteiger charge is -2.19. The molecule has 0 bridgehead atoms. The molecule has 15 heavy (non-hydrogen) atoms. The summed E-state index contributed by atoms with van der Waals surface area (Å²) in [5.74, 6) is 0. The summed E-state index contributed by atoms with van der Waals surface area (Å²) >= 11 is 7.05. The Balaban J connectivity index is 2.14. The monoisotopic (exact) mass is 265 g/mol. The van der Waals surface area contributed by atoms with Gasteiger partial charge in [0.2, 0.25) is 10.0 Å². The van der Waals surface area contributed by atoms with Crippen molar-refractivity contribution in [3.8, 4) is 0 Å². The molecule has 3 nitrogen and oxygen atoms in total. The van der Waals surface area contributed by atoms with Crippen LogP contribution in [0.5, 0.6) is 0 Å². The molecular weight excluding hydrogens is 254 g/mol. The number of hydrogen-bond donors (Lipinski definition) is 0. The molecule has 84 valence electrons. The summed E-state index contributed by atoms with van der Waals surface area (Å²) in [7, 11) is -3.27. The van der Waals surface area contributed by atoms with E-state index in [-0.39, 0.29) is 11.3 Å². The third-order valence-electron chi connectivity index (χ3n) is 2.34. The molecule has 1 fully saturated rings. The van der Waals surface area contributed by atoms with E-state index in [1.165, 1.54) is 4.31 Å². The summed E-state index contributed by atoms with van der Waals surface area (Å²) in [4.78, 5) is 1.07. The second-order valence-electron chi connectivity index (χ2n) is 3.58. The van der Waals surface area contributed by atoms with E-state index in [9.17, 15) is 8.42 Å². The van der Waals surface area contributed by atoms with Crippen molar-refractivity contribution in [2.75, 3.05) is 5.21 Å². The van der Waals surface area contributed by atoms with Crippen molar-refractivity contribution in [2.24, 2.45) is 0 Å². The number of alkyl halides is 1. The maximum Gasteiger partial charge on any atom is 0.228 e. The zero-order valence-corrected chi connectivity index (χ0v) is 10.5. The average Bonchev–Trinajstić information content (AvgIpc) is 2.92. The van der Waals surface area contributed by atoms with Crippen molar-refractivity contribution in [1.82, 2.24) is 4.31 Å². The molecule has 0 aromatic carbocycles. The van der Waals surface area contributed by atoms with Crippen LogP contribution in [0.15, 0.2) is 17.5 Å². The van der Waals surface area contributed by atoms with Gasteiger partial charge in [0.05, 0.1) is 0 Å². The topological polar surface area (TPSA) is 37.4 Å². The minimum Gasteiger partial charge on any atom is -0.211 e. The fourth-order valence-electron chi connectivity index (χ4n) is 1.44. The molecule has 0 N–H and O–H groups in total. The first-order valence-electron chi connectivity index (χ1n) is 4.71. The summed E-state index contributed by atoms with van der Waals surface area (Å²) < 4.78 is 24.9. The lowest BCUT2D eigenvalue weighted by atomic mass is 10.4. The molecule has 1 aliphatic rings. The first-order valence-corrected chi connectivity index (χ1v) is 7.73. The summed E-state index contributed by atoms with van der Waals surface area (Å²) in [6, 6.07) is 4.05. The average molecular weight is 266 g/mol. The van der Waals surface area contributed by atoms with E-state index in [4.69, 9.17) is 11.6 Å². The number of thiophene rings is 1. The Labute approximate surface area is 98.7 Å². The molecule has 0 amide bonds. The van der Waals surface area contributed by atoms with E-state index in [2.05, 4.69) is 0 Å². The van der Waals surface area contributed by atoms with Gasteiger partial charge in [-0.05, 0) is 24.3 Å². The van der Waals surface area contributed by atoms with Gasteiger partial charge < -0.3 is 0 Å². The minimum absolute atomic E-state index is 0.177. The Morgan fingerprint density at radius 1 is 1.53 bits per heavy atom. The lowest BCUT2D eigenvalue weighted by molar-refractivity contribution is 0.404. The molecule has 0 unspecified atom stereocenters. The number of halogens is 1. The van der Waals surface area contributed by atoms with Gasteiger partial charge >= 0.3 is 0 Å². The molecule has 1 heterocycles. The Bertz CT molecular complexity index is 411. The maximum absolute atomic E-state index is 11.7. The van der Waals surface area contributed by atoms with Crippen LogP contribution in [0.1, 0.15) is 17.7 Å². The van der Waals surface area contributed by atoms with Crippen LogP contribution in [0.4, 0.5) is 0 Å². The molecular formula is C9H12ClNO2S2. The maximum atomic E-state index is 11.7. The van der Waals surface area contributed by atoms with Crippen molar-refractivity contribution in [3.63, 3.8) is 0 Å². The third-order valence-corrected chi connectivity index (χ3v) is 5.45. The van der Waals surface area contributed by atoms with Gasteiger partial charge in [0.25, 0.3) is 0 Å². The predicted molar refractivity (Wildman–Crippen MR) is 62.5 cm³/mol. The molecule has 1 aromatic heterocycles. The first kappa shape index (κ1) is 11.4. The molecule has 6 heteroatoms. The van der Waals surface area contributed by atoms with E-state index in [1.54, 1.807) is 11.3 Å². The number of sulfonamides is 1. The van der Waals surface area contributed by atoms with Gasteiger partial charge in [-0.25, -0.2) is 8.42 Å². The highest BCUT2D eigenvalue weighted by Crippen LogP contribution is 2.31. The summed E-state index contributed by atoms with van der Waals surface area (Å²) in [5, 5.41) is 1.63. The van der Waals surface area contributed by atoms with Crippen molar-refractivity contribution in [1.29, 1.82) is 0 Å². The quantitative estimate of drug-likeness (QED) is 0.766. The third kappa shape index (κ3) is 2.72. The number of rotatable bonds is 5. The second kappa shape index (κ2) is 4.41. The molecule has 0 aliphatic heterocycles. The summed E-state index contributed by atoms with van der Waals surface area (Å²) in [5.41, 5.74) is 0. The standard InChI is InChI=1S/C9H12ClNO2S2/c10-7-15(12,13)11(8-3-4-8)6-9-2-1-5-14-9/h1-2,5,8H,3-4,6-7H2. The van der Waals surface area contributed by atoms with Gasteiger partial charge in [0.1, 0.15) is 5.21 Å². The Morgan fingerprint density at radius 3 is 2.73 bits per heavy atom. The van der Waals surface area contributed by atoms with E-state index in [0.717, 1.165) is 17.7 Å². The van der Waals surface area contributed by atoms with Crippen LogP contribution in [0.3, 0.4) is 0 Å². The van der Waals surface area contributed by atoms with Gasteiger partial charge in [-0.1, -0.05) is 6.07 Å². The molecule has 1 aromatic rings. The van der Waals surface area contributed by atoms with Crippen LogP contribution in [-0.4, -0.2) is 24.0 Å². The lowest BCUT2D eigenvalue weighted by Crippen LogP contribution is -2.33. The van der Waals surface area contributed by atoms with Crippen molar-refractivity contribution >= 4 is 33.0 Å². The van der Waals surface area contributed by atoms with E-state index in [0.29, 0.717) is 6.54 Å². The number of nitrogens with zero attached hydrogens (tertiary/aromatic N) is 1. The van der Waals surface area contributed by atoms with Crippen molar-refractivity contribution in [3.05, 3.63) is 22.4 Å². The minimum atomic E-state index is -3.27. The Hall–Kier alpha value is -0.100. The van der Waals surface area contributed by atoms with Crippen molar-refractivity contribution < 1.29 is 8.42 Å². The Morgan fingerprint density at radius 2 is 2.27 bits per heavy atom. The number of hydrogen-bond acceptors (Lipinski definition) is 3. The van der Waals surface area contributed by atoms with Crippen LogP contribution in [0, 0.1) is 0 Å². The van der Waals surface area contributed by atoms with Gasteiger partial charge in [0.15, 0.2) is 0 Å². The van der Waals surface area contributed by atoms with E-state index >= 15 is 0 Å². The smallest absolute Gasteiger partial charge is 0.211 e. The zero-order valence-electron chi connectivity index (χ0n) is 8.10. The fourth-order valence-corrected chi connectivity index (χ4v) is 3.72.